The van der Waals surface area contributed by atoms with Crippen molar-refractivity contribution in [3.05, 3.63) is 6.20 Å². The number of carbonyl (C=O) groups is 1. The zero-order chi connectivity index (χ0) is 12.7. The Bertz CT molecular complexity index is 330. The van der Waals surface area contributed by atoms with E-state index < -0.39 is 18.5 Å². The number of anilines is 1. The first kappa shape index (κ1) is 13.8. The zero-order valence-corrected chi connectivity index (χ0v) is 10.5. The third kappa shape index (κ3) is 4.23. The van der Waals surface area contributed by atoms with Gasteiger partial charge in [0.15, 0.2) is 6.23 Å². The first-order valence-corrected chi connectivity index (χ1v) is 5.41. The van der Waals surface area contributed by atoms with Gasteiger partial charge in [0, 0.05) is 32.9 Å². The molecule has 17 heavy (non-hydrogen) atoms. The summed E-state index contributed by atoms with van der Waals surface area (Å²) in [5.74, 6) is 0. The number of rotatable bonds is 6. The predicted octanol–water partition coefficient (Wildman–Crippen LogP) is 0.251. The monoisotopic (exact) mass is 262 g/mol. The highest BCUT2D eigenvalue weighted by Crippen LogP contribution is 2.09. The molecule has 1 unspecified atom stereocenters. The maximum absolute atomic E-state index is 11.6. The van der Waals surface area contributed by atoms with E-state index in [4.69, 9.17) is 14.2 Å². The van der Waals surface area contributed by atoms with Crippen LogP contribution in [0.2, 0.25) is 0 Å². The van der Waals surface area contributed by atoms with Gasteiger partial charge in [-0.2, -0.15) is 0 Å². The number of aromatic nitrogens is 2. The summed E-state index contributed by atoms with van der Waals surface area (Å²) in [6, 6.07) is -0.456. The molecule has 1 aromatic heterocycles. The van der Waals surface area contributed by atoms with E-state index in [0.29, 0.717) is 5.00 Å². The molecule has 0 aliphatic rings. The van der Waals surface area contributed by atoms with Crippen molar-refractivity contribution in [1.29, 1.82) is 0 Å². The van der Waals surface area contributed by atoms with Gasteiger partial charge in [-0.05, 0) is 0 Å². The lowest BCUT2D eigenvalue weighted by Crippen LogP contribution is -2.47. The molecule has 0 saturated heterocycles. The second-order valence-electron chi connectivity index (χ2n) is 2.88. The van der Waals surface area contributed by atoms with Gasteiger partial charge in [0.05, 0.1) is 6.20 Å². The SMILES string of the molecule is COC(NC(=O)Nc1cnns1)C(OC)OC. The van der Waals surface area contributed by atoms with Crippen molar-refractivity contribution < 1.29 is 19.0 Å². The summed E-state index contributed by atoms with van der Waals surface area (Å²) < 4.78 is 18.6. The molecule has 2 amide bonds. The van der Waals surface area contributed by atoms with Crippen molar-refractivity contribution >= 4 is 22.6 Å². The molecule has 0 aliphatic carbocycles. The highest BCUT2D eigenvalue weighted by Gasteiger charge is 2.22. The molecular weight excluding hydrogens is 248 g/mol. The van der Waals surface area contributed by atoms with Gasteiger partial charge < -0.3 is 19.5 Å². The van der Waals surface area contributed by atoms with Crippen LogP contribution in [0.25, 0.3) is 0 Å². The highest BCUT2D eigenvalue weighted by atomic mass is 32.1. The fraction of sp³-hybridized carbons (Fsp3) is 0.625. The Morgan fingerprint density at radius 3 is 2.53 bits per heavy atom. The van der Waals surface area contributed by atoms with E-state index in [1.807, 2.05) is 0 Å². The van der Waals surface area contributed by atoms with Gasteiger partial charge in [0.2, 0.25) is 6.29 Å². The van der Waals surface area contributed by atoms with Crippen LogP contribution in [0.1, 0.15) is 0 Å². The maximum Gasteiger partial charge on any atom is 0.322 e. The van der Waals surface area contributed by atoms with Crippen LogP contribution >= 0.6 is 11.5 Å². The quantitative estimate of drug-likeness (QED) is 0.714. The second-order valence-corrected chi connectivity index (χ2v) is 3.66. The Morgan fingerprint density at radius 1 is 1.35 bits per heavy atom. The first-order valence-electron chi connectivity index (χ1n) is 4.64. The highest BCUT2D eigenvalue weighted by molar-refractivity contribution is 7.10. The van der Waals surface area contributed by atoms with Crippen molar-refractivity contribution in [3.63, 3.8) is 0 Å². The molecule has 1 atom stereocenters. The fourth-order valence-electron chi connectivity index (χ4n) is 1.08. The van der Waals surface area contributed by atoms with Gasteiger partial charge in [-0.1, -0.05) is 4.49 Å². The Labute approximate surface area is 102 Å². The van der Waals surface area contributed by atoms with E-state index in [1.165, 1.54) is 27.5 Å². The lowest BCUT2D eigenvalue weighted by Gasteiger charge is -2.23. The second kappa shape index (κ2) is 7.12. The van der Waals surface area contributed by atoms with Crippen LogP contribution in [-0.4, -0.2) is 49.5 Å². The van der Waals surface area contributed by atoms with Crippen molar-refractivity contribution in [1.82, 2.24) is 14.9 Å². The maximum atomic E-state index is 11.6. The third-order valence-electron chi connectivity index (χ3n) is 1.84. The minimum absolute atomic E-state index is 0.456. The van der Waals surface area contributed by atoms with E-state index in [1.54, 1.807) is 0 Å². The zero-order valence-electron chi connectivity index (χ0n) is 9.67. The van der Waals surface area contributed by atoms with Crippen LogP contribution in [0, 0.1) is 0 Å². The van der Waals surface area contributed by atoms with Crippen LogP contribution < -0.4 is 10.6 Å². The Morgan fingerprint density at radius 2 is 2.06 bits per heavy atom. The summed E-state index contributed by atoms with van der Waals surface area (Å²) in [6.07, 6.45) is 0.0344. The molecule has 0 bridgehead atoms. The predicted molar refractivity (Wildman–Crippen MR) is 60.7 cm³/mol. The molecule has 8 nitrogen and oxygen atoms in total. The molecule has 0 fully saturated rings. The summed E-state index contributed by atoms with van der Waals surface area (Å²) >= 11 is 1.07. The summed E-state index contributed by atoms with van der Waals surface area (Å²) in [6.45, 7) is 0. The molecule has 0 spiro atoms. The molecule has 0 radical (unpaired) electrons. The van der Waals surface area contributed by atoms with Crippen molar-refractivity contribution in [2.24, 2.45) is 0 Å². The topological polar surface area (TPSA) is 94.6 Å². The summed E-state index contributed by atoms with van der Waals surface area (Å²) in [5, 5.41) is 9.20. The van der Waals surface area contributed by atoms with Gasteiger partial charge in [-0.3, -0.25) is 5.32 Å². The average molecular weight is 262 g/mol. The molecule has 1 heterocycles. The number of hydrogen-bond donors (Lipinski definition) is 2. The average Bonchev–Trinajstić information content (AvgIpc) is 2.81. The lowest BCUT2D eigenvalue weighted by atomic mass is 10.5. The van der Waals surface area contributed by atoms with E-state index in [-0.39, 0.29) is 0 Å². The summed E-state index contributed by atoms with van der Waals surface area (Å²) in [4.78, 5) is 11.6. The molecule has 0 aromatic carbocycles. The molecule has 1 aromatic rings. The summed E-state index contributed by atoms with van der Waals surface area (Å²) in [5.41, 5.74) is 0. The minimum atomic E-state index is -0.717. The number of methoxy groups -OCH3 is 3. The van der Waals surface area contributed by atoms with Gasteiger partial charge >= 0.3 is 6.03 Å². The Hall–Kier alpha value is -1.29. The lowest BCUT2D eigenvalue weighted by molar-refractivity contribution is -0.178. The number of nitrogens with zero attached hydrogens (tertiary/aromatic N) is 2. The number of nitrogens with one attached hydrogen (secondary N) is 2. The van der Waals surface area contributed by atoms with Crippen molar-refractivity contribution in [2.75, 3.05) is 26.6 Å². The summed E-state index contributed by atoms with van der Waals surface area (Å²) in [7, 11) is 4.34. The molecule has 2 N–H and O–H groups in total. The van der Waals surface area contributed by atoms with Crippen molar-refractivity contribution in [2.45, 2.75) is 12.5 Å². The van der Waals surface area contributed by atoms with E-state index >= 15 is 0 Å². The van der Waals surface area contributed by atoms with Gasteiger partial charge in [-0.25, -0.2) is 4.79 Å². The van der Waals surface area contributed by atoms with E-state index in [0.717, 1.165) is 11.5 Å². The molecule has 9 heteroatoms. The van der Waals surface area contributed by atoms with Crippen LogP contribution in [0.15, 0.2) is 6.20 Å². The van der Waals surface area contributed by atoms with Gasteiger partial charge in [0.25, 0.3) is 0 Å². The number of urea groups is 1. The molecule has 0 aliphatic heterocycles. The van der Waals surface area contributed by atoms with Gasteiger partial charge in [0.1, 0.15) is 5.00 Å². The number of carbonyl (C=O) groups excluding carboxylic acids is 1. The van der Waals surface area contributed by atoms with Crippen LogP contribution in [0.3, 0.4) is 0 Å². The molecule has 96 valence electrons. The fourth-order valence-corrected chi connectivity index (χ4v) is 1.50. The number of amides is 2. The largest absolute Gasteiger partial charge is 0.356 e. The number of hydrogen-bond acceptors (Lipinski definition) is 7. The third-order valence-corrected chi connectivity index (χ3v) is 2.42. The van der Waals surface area contributed by atoms with Crippen LogP contribution in [0.4, 0.5) is 9.80 Å². The van der Waals surface area contributed by atoms with E-state index in [9.17, 15) is 4.79 Å². The molecule has 0 saturated carbocycles. The number of ether oxygens (including phenoxy) is 3. The standard InChI is InChI=1S/C8H14N4O4S/c1-14-6(7(15-2)16-3)11-8(13)10-5-4-9-12-17-5/h4,6-7H,1-3H3,(H2,10,11,13). The van der Waals surface area contributed by atoms with Crippen LogP contribution in [-0.2, 0) is 14.2 Å². The molecular formula is C8H14N4O4S. The minimum Gasteiger partial charge on any atom is -0.356 e. The molecule has 1 rings (SSSR count). The smallest absolute Gasteiger partial charge is 0.322 e. The van der Waals surface area contributed by atoms with Crippen molar-refractivity contribution in [3.8, 4) is 0 Å². The van der Waals surface area contributed by atoms with Crippen LogP contribution in [0.5, 0.6) is 0 Å². The first-order chi connectivity index (χ1) is 8.21. The van der Waals surface area contributed by atoms with Gasteiger partial charge in [-0.15, -0.1) is 5.10 Å². The Kier molecular flexibility index (Phi) is 5.77. The Balaban J connectivity index is 2.47. The van der Waals surface area contributed by atoms with E-state index in [2.05, 4.69) is 20.2 Å². The normalized spacial score (nSPS) is 12.5.